The second-order valence-electron chi connectivity index (χ2n) is 7.17. The first-order valence-electron chi connectivity index (χ1n) is 7.42. The molecule has 0 bridgehead atoms. The summed E-state index contributed by atoms with van der Waals surface area (Å²) in [7, 11) is 0. The Hall–Kier alpha value is -0.610. The lowest BCUT2D eigenvalue weighted by Crippen LogP contribution is -2.68. The van der Waals surface area contributed by atoms with E-state index in [4.69, 9.17) is 4.74 Å². The molecule has 2 N–H and O–H groups in total. The second-order valence-corrected chi connectivity index (χ2v) is 7.17. The summed E-state index contributed by atoms with van der Waals surface area (Å²) in [5.74, 6) is -0.744. The maximum Gasteiger partial charge on any atom is 0.309 e. The molecular weight excluding hydrogens is 244 g/mol. The third-order valence-electron chi connectivity index (χ3n) is 6.20. The summed E-state index contributed by atoms with van der Waals surface area (Å²) >= 11 is 0. The summed E-state index contributed by atoms with van der Waals surface area (Å²) in [6.07, 6.45) is 2.46. The van der Waals surface area contributed by atoms with E-state index in [0.29, 0.717) is 6.42 Å². The predicted octanol–water partition coefficient (Wildman–Crippen LogP) is 1.49. The number of ether oxygens (including phenoxy) is 1. The van der Waals surface area contributed by atoms with Crippen molar-refractivity contribution in [2.45, 2.75) is 64.3 Å². The van der Waals surface area contributed by atoms with Crippen LogP contribution in [0.3, 0.4) is 0 Å². The average Bonchev–Trinajstić information content (AvgIpc) is 2.60. The number of rotatable bonds is 0. The molecule has 0 aromatic rings. The molecule has 0 radical (unpaired) electrons. The fourth-order valence-corrected chi connectivity index (χ4v) is 4.93. The van der Waals surface area contributed by atoms with Crippen LogP contribution in [0.5, 0.6) is 0 Å². The van der Waals surface area contributed by atoms with Crippen molar-refractivity contribution in [3.8, 4) is 0 Å². The molecule has 2 aliphatic carbocycles. The Bertz CT molecular complexity index is 409. The summed E-state index contributed by atoms with van der Waals surface area (Å²) in [6.45, 7) is 5.86. The quantitative estimate of drug-likeness (QED) is 0.653. The largest absolute Gasteiger partial charge is 0.462 e. The molecule has 4 nitrogen and oxygen atoms in total. The van der Waals surface area contributed by atoms with Gasteiger partial charge in [0.15, 0.2) is 0 Å². The highest BCUT2D eigenvalue weighted by atomic mass is 16.6. The van der Waals surface area contributed by atoms with Crippen molar-refractivity contribution >= 4 is 5.97 Å². The van der Waals surface area contributed by atoms with Crippen molar-refractivity contribution in [3.05, 3.63) is 0 Å². The first-order chi connectivity index (χ1) is 8.81. The van der Waals surface area contributed by atoms with E-state index in [9.17, 15) is 15.0 Å². The van der Waals surface area contributed by atoms with Crippen molar-refractivity contribution in [2.75, 3.05) is 0 Å². The fourth-order valence-electron chi connectivity index (χ4n) is 4.93. The lowest BCUT2D eigenvalue weighted by atomic mass is 9.49. The Morgan fingerprint density at radius 2 is 2.05 bits per heavy atom. The van der Waals surface area contributed by atoms with Gasteiger partial charge in [-0.15, -0.1) is 0 Å². The lowest BCUT2D eigenvalue weighted by Gasteiger charge is -2.60. The normalized spacial score (nSPS) is 57.3. The number of hydrogen-bond acceptors (Lipinski definition) is 4. The Balaban J connectivity index is 2.03. The number of aliphatic hydroxyl groups excluding tert-OH is 1. The van der Waals surface area contributed by atoms with Gasteiger partial charge in [-0.25, -0.2) is 0 Å². The highest BCUT2D eigenvalue weighted by molar-refractivity contribution is 5.75. The molecule has 3 rings (SSSR count). The molecule has 1 unspecified atom stereocenters. The summed E-state index contributed by atoms with van der Waals surface area (Å²) in [5.41, 5.74) is -1.44. The molecule has 0 aromatic carbocycles. The lowest BCUT2D eigenvalue weighted by molar-refractivity contribution is -0.255. The Morgan fingerprint density at radius 3 is 2.74 bits per heavy atom. The van der Waals surface area contributed by atoms with Gasteiger partial charge in [0.25, 0.3) is 0 Å². The first kappa shape index (κ1) is 13.4. The molecule has 7 atom stereocenters. The van der Waals surface area contributed by atoms with Crippen LogP contribution in [0.1, 0.15) is 46.5 Å². The first-order valence-corrected chi connectivity index (χ1v) is 7.42. The van der Waals surface area contributed by atoms with Crippen LogP contribution < -0.4 is 0 Å². The molecule has 1 heterocycles. The predicted molar refractivity (Wildman–Crippen MR) is 69.2 cm³/mol. The van der Waals surface area contributed by atoms with Crippen LogP contribution in [-0.2, 0) is 9.53 Å². The van der Waals surface area contributed by atoms with Gasteiger partial charge in [-0.05, 0) is 25.2 Å². The SMILES string of the molecule is CC1CCC[C@]2(C)C[C@H]3OC(=O)[C@@H](C)[C@H]3[C@H](O)[C@@]12O. The standard InChI is InChI=1S/C15H24O4/c1-8-5-4-6-14(3)7-10-11(9(2)13(17)19-10)12(16)15(8,14)18/h8-12,16,18H,4-7H2,1-3H3/t8?,9-,10+,11+,12-,14+,15-/m0/s1. The zero-order valence-electron chi connectivity index (χ0n) is 11.9. The van der Waals surface area contributed by atoms with E-state index in [1.54, 1.807) is 6.92 Å². The van der Waals surface area contributed by atoms with Gasteiger partial charge in [-0.1, -0.05) is 27.2 Å². The number of carbonyl (C=O) groups excluding carboxylic acids is 1. The van der Waals surface area contributed by atoms with Gasteiger partial charge in [0.1, 0.15) is 6.10 Å². The van der Waals surface area contributed by atoms with E-state index in [-0.39, 0.29) is 35.2 Å². The molecule has 0 amide bonds. The molecule has 1 aliphatic heterocycles. The van der Waals surface area contributed by atoms with Crippen molar-refractivity contribution in [1.29, 1.82) is 0 Å². The van der Waals surface area contributed by atoms with Crippen LogP contribution >= 0.6 is 0 Å². The Morgan fingerprint density at radius 1 is 1.37 bits per heavy atom. The van der Waals surface area contributed by atoms with Crippen LogP contribution in [0.25, 0.3) is 0 Å². The topological polar surface area (TPSA) is 66.8 Å². The minimum Gasteiger partial charge on any atom is -0.462 e. The summed E-state index contributed by atoms with van der Waals surface area (Å²) in [6, 6.07) is 0. The van der Waals surface area contributed by atoms with Gasteiger partial charge in [-0.2, -0.15) is 0 Å². The highest BCUT2D eigenvalue weighted by Crippen LogP contribution is 2.59. The van der Waals surface area contributed by atoms with Gasteiger partial charge >= 0.3 is 5.97 Å². The molecule has 1 saturated heterocycles. The van der Waals surface area contributed by atoms with Crippen LogP contribution in [0.4, 0.5) is 0 Å². The smallest absolute Gasteiger partial charge is 0.309 e. The minimum absolute atomic E-state index is 0.0603. The number of fused-ring (bicyclic) bond motifs is 2. The van der Waals surface area contributed by atoms with Crippen molar-refractivity contribution in [1.82, 2.24) is 0 Å². The third kappa shape index (κ3) is 1.50. The monoisotopic (exact) mass is 268 g/mol. The number of carbonyl (C=O) groups is 1. The molecule has 0 aromatic heterocycles. The van der Waals surface area contributed by atoms with Crippen LogP contribution in [0, 0.1) is 23.2 Å². The molecule has 0 spiro atoms. The fraction of sp³-hybridized carbons (Fsp3) is 0.933. The molecule has 108 valence electrons. The van der Waals surface area contributed by atoms with E-state index in [0.717, 1.165) is 19.3 Å². The zero-order valence-corrected chi connectivity index (χ0v) is 11.9. The Labute approximate surface area is 114 Å². The van der Waals surface area contributed by atoms with E-state index in [1.807, 2.05) is 13.8 Å². The van der Waals surface area contributed by atoms with E-state index in [2.05, 4.69) is 0 Å². The summed E-state index contributed by atoms with van der Waals surface area (Å²) in [5, 5.41) is 22.0. The molecule has 19 heavy (non-hydrogen) atoms. The number of esters is 1. The number of aliphatic hydroxyl groups is 2. The van der Waals surface area contributed by atoms with Crippen LogP contribution in [0.2, 0.25) is 0 Å². The number of hydrogen-bond donors (Lipinski definition) is 2. The molecule has 2 saturated carbocycles. The van der Waals surface area contributed by atoms with E-state index in [1.165, 1.54) is 0 Å². The van der Waals surface area contributed by atoms with Crippen LogP contribution in [0.15, 0.2) is 0 Å². The summed E-state index contributed by atoms with van der Waals surface area (Å²) in [4.78, 5) is 11.8. The second kappa shape index (κ2) is 3.95. The Kier molecular flexibility index (Phi) is 2.78. The van der Waals surface area contributed by atoms with Crippen molar-refractivity contribution in [3.63, 3.8) is 0 Å². The van der Waals surface area contributed by atoms with E-state index < -0.39 is 11.7 Å². The maximum absolute atomic E-state index is 11.8. The molecule has 4 heteroatoms. The third-order valence-corrected chi connectivity index (χ3v) is 6.20. The van der Waals surface area contributed by atoms with Crippen molar-refractivity contribution in [2.24, 2.45) is 23.2 Å². The van der Waals surface area contributed by atoms with Gasteiger partial charge in [0.2, 0.25) is 0 Å². The van der Waals surface area contributed by atoms with E-state index >= 15 is 0 Å². The molecule has 3 aliphatic rings. The van der Waals surface area contributed by atoms with Gasteiger partial charge in [-0.3, -0.25) is 4.79 Å². The maximum atomic E-state index is 11.8. The van der Waals surface area contributed by atoms with Gasteiger partial charge in [0.05, 0.1) is 17.6 Å². The van der Waals surface area contributed by atoms with Gasteiger partial charge < -0.3 is 14.9 Å². The minimum atomic E-state index is -1.09. The average molecular weight is 268 g/mol. The zero-order chi connectivity index (χ0) is 14.0. The molecular formula is C15H24O4. The van der Waals surface area contributed by atoms with Crippen LogP contribution in [-0.4, -0.2) is 34.0 Å². The summed E-state index contributed by atoms with van der Waals surface area (Å²) < 4.78 is 5.43. The van der Waals surface area contributed by atoms with Gasteiger partial charge in [0, 0.05) is 11.3 Å². The molecule has 3 fully saturated rings. The highest BCUT2D eigenvalue weighted by Gasteiger charge is 2.66. The van der Waals surface area contributed by atoms with Crippen molar-refractivity contribution < 1.29 is 19.7 Å².